The van der Waals surface area contributed by atoms with Gasteiger partial charge in [0.05, 0.1) is 31.0 Å². The zero-order valence-electron chi connectivity index (χ0n) is 19.4. The van der Waals surface area contributed by atoms with Crippen molar-refractivity contribution >= 4 is 53.7 Å². The van der Waals surface area contributed by atoms with Gasteiger partial charge in [-0.25, -0.2) is 9.18 Å². The molecule has 1 aliphatic heterocycles. The van der Waals surface area contributed by atoms with Crippen LogP contribution in [0.25, 0.3) is 0 Å². The van der Waals surface area contributed by atoms with E-state index in [2.05, 4.69) is 39.2 Å². The van der Waals surface area contributed by atoms with Gasteiger partial charge < -0.3 is 31.3 Å². The van der Waals surface area contributed by atoms with Crippen molar-refractivity contribution in [1.29, 1.82) is 0 Å². The number of amides is 5. The van der Waals surface area contributed by atoms with E-state index >= 15 is 0 Å². The van der Waals surface area contributed by atoms with Gasteiger partial charge in [-0.2, -0.15) is 12.6 Å². The number of carbonyl (C=O) groups excluding carboxylic acids is 5. The Morgan fingerprint density at radius 2 is 1.89 bits per heavy atom. The van der Waals surface area contributed by atoms with Gasteiger partial charge in [-0.1, -0.05) is 0 Å². The summed E-state index contributed by atoms with van der Waals surface area (Å²) in [4.78, 5) is 59.2. The summed E-state index contributed by atoms with van der Waals surface area (Å²) in [5.74, 6) is -2.15. The van der Waals surface area contributed by atoms with Gasteiger partial charge in [0.1, 0.15) is 18.0 Å². The van der Waals surface area contributed by atoms with Crippen molar-refractivity contribution in [3.05, 3.63) is 24.0 Å². The molecular weight excluding hydrogens is 483 g/mol. The van der Waals surface area contributed by atoms with E-state index in [4.69, 9.17) is 4.74 Å². The van der Waals surface area contributed by atoms with Gasteiger partial charge >= 0.3 is 6.09 Å². The molecule has 35 heavy (non-hydrogen) atoms. The molecule has 0 radical (unpaired) electrons. The lowest BCUT2D eigenvalue weighted by molar-refractivity contribution is -0.129. The van der Waals surface area contributed by atoms with Crippen molar-refractivity contribution in [3.8, 4) is 0 Å². The summed E-state index contributed by atoms with van der Waals surface area (Å²) in [5, 5.41) is 12.8. The SMILES string of the molecule is CC(=O)NC[C@H]1CN(c2ccc(NCCNC(=O)CNC(=O)C(CS)NC(C)=O)c(F)c2)C(=O)O1. The molecule has 0 aliphatic carbocycles. The van der Waals surface area contributed by atoms with Gasteiger partial charge in [-0.05, 0) is 18.2 Å². The number of thiol groups is 1. The third kappa shape index (κ3) is 8.96. The first-order valence-electron chi connectivity index (χ1n) is 10.8. The Balaban J connectivity index is 1.75. The molecule has 1 unspecified atom stereocenters. The fourth-order valence-corrected chi connectivity index (χ4v) is 3.36. The van der Waals surface area contributed by atoms with E-state index in [1.807, 2.05) is 0 Å². The Labute approximate surface area is 207 Å². The molecule has 12 nitrogen and oxygen atoms in total. The number of benzene rings is 1. The average molecular weight is 513 g/mol. The summed E-state index contributed by atoms with van der Waals surface area (Å²) in [6.45, 7) is 3.03. The van der Waals surface area contributed by atoms with Crippen LogP contribution in [-0.2, 0) is 23.9 Å². The molecule has 0 aromatic heterocycles. The summed E-state index contributed by atoms with van der Waals surface area (Å²) >= 11 is 3.99. The molecule has 1 aromatic rings. The minimum atomic E-state index is -0.846. The van der Waals surface area contributed by atoms with Gasteiger partial charge in [0.15, 0.2) is 0 Å². The Hall–Kier alpha value is -3.55. The monoisotopic (exact) mass is 512 g/mol. The highest BCUT2D eigenvalue weighted by Crippen LogP contribution is 2.25. The number of rotatable bonds is 12. The van der Waals surface area contributed by atoms with Crippen molar-refractivity contribution in [2.24, 2.45) is 0 Å². The van der Waals surface area contributed by atoms with Crippen LogP contribution < -0.4 is 31.5 Å². The predicted molar refractivity (Wildman–Crippen MR) is 129 cm³/mol. The largest absolute Gasteiger partial charge is 0.442 e. The summed E-state index contributed by atoms with van der Waals surface area (Å²) < 4.78 is 19.7. The van der Waals surface area contributed by atoms with E-state index < -0.39 is 35.9 Å². The number of hydrogen-bond donors (Lipinski definition) is 6. The van der Waals surface area contributed by atoms with Crippen LogP contribution >= 0.6 is 12.6 Å². The quantitative estimate of drug-likeness (QED) is 0.161. The highest BCUT2D eigenvalue weighted by Gasteiger charge is 2.32. The average Bonchev–Trinajstić information content (AvgIpc) is 3.18. The molecule has 1 saturated heterocycles. The van der Waals surface area contributed by atoms with Gasteiger partial charge in [-0.3, -0.25) is 24.1 Å². The smallest absolute Gasteiger partial charge is 0.414 e. The first-order valence-corrected chi connectivity index (χ1v) is 11.4. The first-order chi connectivity index (χ1) is 16.6. The molecule has 14 heteroatoms. The van der Waals surface area contributed by atoms with Crippen LogP contribution in [0.5, 0.6) is 0 Å². The second kappa shape index (κ2) is 13.4. The Bertz CT molecular complexity index is 964. The van der Waals surface area contributed by atoms with Crippen LogP contribution in [0, 0.1) is 5.82 Å². The zero-order valence-corrected chi connectivity index (χ0v) is 20.2. The molecule has 0 saturated carbocycles. The Morgan fingerprint density at radius 3 is 2.51 bits per heavy atom. The molecule has 1 aliphatic rings. The predicted octanol–water partition coefficient (Wildman–Crippen LogP) is -0.634. The Kier molecular flexibility index (Phi) is 10.6. The molecular formula is C21H29FN6O6S. The summed E-state index contributed by atoms with van der Waals surface area (Å²) in [6, 6.07) is 3.35. The van der Waals surface area contributed by atoms with Crippen molar-refractivity contribution in [1.82, 2.24) is 21.3 Å². The Morgan fingerprint density at radius 1 is 1.14 bits per heavy atom. The summed E-state index contributed by atoms with van der Waals surface area (Å²) in [7, 11) is 0. The molecule has 192 valence electrons. The fraction of sp³-hybridized carbons (Fsp3) is 0.476. The highest BCUT2D eigenvalue weighted by atomic mass is 32.1. The van der Waals surface area contributed by atoms with E-state index in [1.54, 1.807) is 6.07 Å². The van der Waals surface area contributed by atoms with Crippen LogP contribution in [0.2, 0.25) is 0 Å². The maximum absolute atomic E-state index is 14.5. The zero-order chi connectivity index (χ0) is 26.0. The number of nitrogens with zero attached hydrogens (tertiary/aromatic N) is 1. The van der Waals surface area contributed by atoms with Gasteiger partial charge in [0, 0.05) is 32.7 Å². The van der Waals surface area contributed by atoms with E-state index in [9.17, 15) is 28.4 Å². The van der Waals surface area contributed by atoms with Crippen molar-refractivity contribution in [3.63, 3.8) is 0 Å². The van der Waals surface area contributed by atoms with Gasteiger partial charge in [-0.15, -0.1) is 0 Å². The number of halogens is 1. The summed E-state index contributed by atoms with van der Waals surface area (Å²) in [5.41, 5.74) is 0.483. The third-order valence-corrected chi connectivity index (χ3v) is 5.14. The normalized spacial score (nSPS) is 15.6. The molecule has 1 heterocycles. The second-order valence-corrected chi connectivity index (χ2v) is 8.01. The maximum Gasteiger partial charge on any atom is 0.414 e. The van der Waals surface area contributed by atoms with E-state index in [1.165, 1.54) is 30.9 Å². The lowest BCUT2D eigenvalue weighted by Gasteiger charge is -2.16. The third-order valence-electron chi connectivity index (χ3n) is 4.78. The van der Waals surface area contributed by atoms with E-state index in [0.717, 1.165) is 0 Å². The van der Waals surface area contributed by atoms with Crippen LogP contribution in [0.1, 0.15) is 13.8 Å². The van der Waals surface area contributed by atoms with Gasteiger partial charge in [0.2, 0.25) is 23.6 Å². The number of carbonyl (C=O) groups is 5. The molecule has 5 N–H and O–H groups in total. The number of hydrogen-bond acceptors (Lipinski definition) is 8. The standard InChI is InChI=1S/C21H29FN6O6S/c1-12(29)25-8-15-10-28(21(33)34-15)14-3-4-17(16(22)7-14)23-5-6-24-19(31)9-26-20(32)18(11-35)27-13(2)30/h3-4,7,15,18,23,35H,5-6,8-11H2,1-2H3,(H,24,31)(H,25,29)(H,26,32)(H,27,30)/t15-,18?/m0/s1. The van der Waals surface area contributed by atoms with Crippen molar-refractivity contribution in [2.75, 3.05) is 48.7 Å². The number of nitrogens with one attached hydrogen (secondary N) is 5. The van der Waals surface area contributed by atoms with Crippen molar-refractivity contribution < 1.29 is 33.1 Å². The molecule has 1 fully saturated rings. The minimum Gasteiger partial charge on any atom is -0.442 e. The maximum atomic E-state index is 14.5. The number of anilines is 2. The van der Waals surface area contributed by atoms with Crippen LogP contribution in [0.3, 0.4) is 0 Å². The number of cyclic esters (lactones) is 1. The lowest BCUT2D eigenvalue weighted by Crippen LogP contribution is -2.49. The van der Waals surface area contributed by atoms with Crippen LogP contribution in [0.15, 0.2) is 18.2 Å². The van der Waals surface area contributed by atoms with E-state index in [-0.39, 0.29) is 56.0 Å². The van der Waals surface area contributed by atoms with Crippen LogP contribution in [-0.4, -0.2) is 80.3 Å². The van der Waals surface area contributed by atoms with Crippen molar-refractivity contribution in [2.45, 2.75) is 26.0 Å². The molecule has 2 rings (SSSR count). The fourth-order valence-electron chi connectivity index (χ4n) is 3.10. The number of ether oxygens (including phenoxy) is 1. The molecule has 1 aromatic carbocycles. The highest BCUT2D eigenvalue weighted by molar-refractivity contribution is 7.80. The first kappa shape index (κ1) is 27.7. The molecule has 2 atom stereocenters. The minimum absolute atomic E-state index is 0.0813. The second-order valence-electron chi connectivity index (χ2n) is 7.65. The van der Waals surface area contributed by atoms with Crippen LogP contribution in [0.4, 0.5) is 20.6 Å². The molecule has 0 bridgehead atoms. The molecule has 0 spiro atoms. The van der Waals surface area contributed by atoms with E-state index in [0.29, 0.717) is 5.69 Å². The van der Waals surface area contributed by atoms with Gasteiger partial charge in [0.25, 0.3) is 0 Å². The lowest BCUT2D eigenvalue weighted by atomic mass is 10.2. The molecule has 5 amide bonds. The summed E-state index contributed by atoms with van der Waals surface area (Å²) in [6.07, 6.45) is -1.16. The topological polar surface area (TPSA) is 158 Å².